The van der Waals surface area contributed by atoms with Gasteiger partial charge in [-0.05, 0) is 59.6 Å². The molecule has 0 aliphatic heterocycles. The van der Waals surface area contributed by atoms with E-state index in [4.69, 9.17) is 4.42 Å². The number of anilines is 1. The summed E-state index contributed by atoms with van der Waals surface area (Å²) in [6.45, 7) is 4.73. The van der Waals surface area contributed by atoms with Gasteiger partial charge < -0.3 is 15.1 Å². The molecular formula is C16H19BrN2O2. The van der Waals surface area contributed by atoms with Crippen molar-refractivity contribution < 1.29 is 9.21 Å². The molecule has 1 aromatic carbocycles. The number of hydrogen-bond donors (Lipinski definition) is 2. The Bertz CT molecular complexity index is 610. The van der Waals surface area contributed by atoms with Gasteiger partial charge in [0.1, 0.15) is 5.76 Å². The molecule has 112 valence electrons. The molecule has 2 N–H and O–H groups in total. The van der Waals surface area contributed by atoms with Crippen LogP contribution in [-0.2, 0) is 0 Å². The largest absolute Gasteiger partial charge is 0.452 e. The van der Waals surface area contributed by atoms with Crippen molar-refractivity contribution >= 4 is 27.5 Å². The number of benzene rings is 1. The first kappa shape index (κ1) is 15.6. The van der Waals surface area contributed by atoms with Crippen LogP contribution in [0.3, 0.4) is 0 Å². The van der Waals surface area contributed by atoms with Crippen LogP contribution >= 0.6 is 15.9 Å². The van der Waals surface area contributed by atoms with Crippen LogP contribution in [0, 0.1) is 0 Å². The van der Waals surface area contributed by atoms with E-state index in [1.807, 2.05) is 50.2 Å². The van der Waals surface area contributed by atoms with Gasteiger partial charge in [0.25, 0.3) is 5.91 Å². The summed E-state index contributed by atoms with van der Waals surface area (Å²) in [4.78, 5) is 12.0. The highest BCUT2D eigenvalue weighted by Gasteiger charge is 2.11. The summed E-state index contributed by atoms with van der Waals surface area (Å²) in [6, 6.07) is 11.3. The second-order valence-corrected chi connectivity index (χ2v) is 5.63. The number of carbonyl (C=O) groups excluding carboxylic acids is 1. The first-order valence-corrected chi connectivity index (χ1v) is 7.79. The lowest BCUT2D eigenvalue weighted by atomic mass is 10.1. The molecule has 0 spiro atoms. The van der Waals surface area contributed by atoms with Crippen LogP contribution in [0.2, 0.25) is 0 Å². The molecule has 1 aromatic heterocycles. The fraction of sp³-hybridized carbons (Fsp3) is 0.312. The molecule has 0 bridgehead atoms. The molecule has 0 fully saturated rings. The third-order valence-electron chi connectivity index (χ3n) is 3.06. The topological polar surface area (TPSA) is 54.3 Å². The molecule has 2 aromatic rings. The van der Waals surface area contributed by atoms with Gasteiger partial charge >= 0.3 is 0 Å². The Morgan fingerprint density at radius 3 is 2.81 bits per heavy atom. The number of furan rings is 1. The molecule has 21 heavy (non-hydrogen) atoms. The van der Waals surface area contributed by atoms with Crippen LogP contribution in [0.4, 0.5) is 5.69 Å². The van der Waals surface area contributed by atoms with Gasteiger partial charge in [-0.1, -0.05) is 13.0 Å². The van der Waals surface area contributed by atoms with Gasteiger partial charge in [0.2, 0.25) is 0 Å². The standard InChI is InChI=1S/C16H19BrN2O2/c1-3-9-18-16(20)12-5-4-6-13(10-12)19-11(2)14-7-8-15(17)21-14/h4-8,10-11,19H,3,9H2,1-2H3,(H,18,20). The van der Waals surface area contributed by atoms with E-state index in [0.29, 0.717) is 16.8 Å². The Kier molecular flexibility index (Phi) is 5.44. The van der Waals surface area contributed by atoms with Crippen molar-refractivity contribution in [3.8, 4) is 0 Å². The molecule has 1 heterocycles. The van der Waals surface area contributed by atoms with Gasteiger partial charge in [0.15, 0.2) is 4.67 Å². The molecule has 1 unspecified atom stereocenters. The van der Waals surface area contributed by atoms with Gasteiger partial charge in [-0.25, -0.2) is 0 Å². The fourth-order valence-electron chi connectivity index (χ4n) is 1.97. The third kappa shape index (κ3) is 4.36. The summed E-state index contributed by atoms with van der Waals surface area (Å²) in [6.07, 6.45) is 0.925. The summed E-state index contributed by atoms with van der Waals surface area (Å²) in [5.41, 5.74) is 1.54. The van der Waals surface area contributed by atoms with Crippen molar-refractivity contribution in [2.75, 3.05) is 11.9 Å². The minimum absolute atomic E-state index is 0.0188. The van der Waals surface area contributed by atoms with E-state index < -0.39 is 0 Å². The van der Waals surface area contributed by atoms with Gasteiger partial charge in [0, 0.05) is 17.8 Å². The number of carbonyl (C=O) groups is 1. The Morgan fingerprint density at radius 2 is 2.14 bits per heavy atom. The van der Waals surface area contributed by atoms with Crippen LogP contribution in [-0.4, -0.2) is 12.5 Å². The van der Waals surface area contributed by atoms with Crippen molar-refractivity contribution in [3.05, 3.63) is 52.4 Å². The predicted octanol–water partition coefficient (Wildman–Crippen LogP) is 4.36. The number of amides is 1. The van der Waals surface area contributed by atoms with E-state index in [2.05, 4.69) is 26.6 Å². The summed E-state index contributed by atoms with van der Waals surface area (Å²) >= 11 is 3.29. The molecule has 5 heteroatoms. The molecule has 1 atom stereocenters. The second-order valence-electron chi connectivity index (χ2n) is 4.84. The Hall–Kier alpha value is -1.75. The summed E-state index contributed by atoms with van der Waals surface area (Å²) in [7, 11) is 0. The molecule has 0 radical (unpaired) electrons. The van der Waals surface area contributed by atoms with Crippen molar-refractivity contribution in [1.82, 2.24) is 5.32 Å². The molecule has 1 amide bonds. The first-order chi connectivity index (χ1) is 10.1. The number of hydrogen-bond acceptors (Lipinski definition) is 3. The highest BCUT2D eigenvalue weighted by Crippen LogP contribution is 2.24. The highest BCUT2D eigenvalue weighted by molar-refractivity contribution is 9.10. The smallest absolute Gasteiger partial charge is 0.251 e. The van der Waals surface area contributed by atoms with Crippen molar-refractivity contribution in [2.45, 2.75) is 26.3 Å². The Labute approximate surface area is 133 Å². The van der Waals surface area contributed by atoms with Crippen LogP contribution in [0.1, 0.15) is 42.4 Å². The molecule has 0 aliphatic rings. The van der Waals surface area contributed by atoms with Gasteiger partial charge in [-0.15, -0.1) is 0 Å². The summed E-state index contributed by atoms with van der Waals surface area (Å²) in [5, 5.41) is 6.20. The molecule has 0 saturated heterocycles. The average Bonchev–Trinajstić information content (AvgIpc) is 2.91. The number of rotatable bonds is 6. The van der Waals surface area contributed by atoms with Crippen LogP contribution in [0.15, 0.2) is 45.5 Å². The van der Waals surface area contributed by atoms with Crippen molar-refractivity contribution in [3.63, 3.8) is 0 Å². The molecule has 4 nitrogen and oxygen atoms in total. The normalized spacial score (nSPS) is 12.0. The van der Waals surface area contributed by atoms with Gasteiger partial charge in [-0.3, -0.25) is 4.79 Å². The zero-order chi connectivity index (χ0) is 15.2. The number of nitrogens with one attached hydrogen (secondary N) is 2. The molecule has 0 aliphatic carbocycles. The Morgan fingerprint density at radius 1 is 1.33 bits per heavy atom. The van der Waals surface area contributed by atoms with Crippen LogP contribution < -0.4 is 10.6 Å². The van der Waals surface area contributed by atoms with Crippen molar-refractivity contribution in [2.24, 2.45) is 0 Å². The molecule has 2 rings (SSSR count). The average molecular weight is 351 g/mol. The zero-order valence-electron chi connectivity index (χ0n) is 12.2. The summed E-state index contributed by atoms with van der Waals surface area (Å²) < 4.78 is 6.23. The van der Waals surface area contributed by atoms with E-state index in [0.717, 1.165) is 17.9 Å². The predicted molar refractivity (Wildman–Crippen MR) is 87.5 cm³/mol. The monoisotopic (exact) mass is 350 g/mol. The minimum Gasteiger partial charge on any atom is -0.452 e. The highest BCUT2D eigenvalue weighted by atomic mass is 79.9. The lowest BCUT2D eigenvalue weighted by Gasteiger charge is -2.14. The van der Waals surface area contributed by atoms with Crippen molar-refractivity contribution in [1.29, 1.82) is 0 Å². The molecular weight excluding hydrogens is 332 g/mol. The van der Waals surface area contributed by atoms with E-state index >= 15 is 0 Å². The van der Waals surface area contributed by atoms with E-state index in [9.17, 15) is 4.79 Å². The lowest BCUT2D eigenvalue weighted by Crippen LogP contribution is -2.24. The van der Waals surface area contributed by atoms with Gasteiger partial charge in [0.05, 0.1) is 6.04 Å². The maximum Gasteiger partial charge on any atom is 0.251 e. The van der Waals surface area contributed by atoms with E-state index in [-0.39, 0.29) is 11.9 Å². The Balaban J connectivity index is 2.05. The SMILES string of the molecule is CCCNC(=O)c1cccc(NC(C)c2ccc(Br)o2)c1. The quantitative estimate of drug-likeness (QED) is 0.813. The third-order valence-corrected chi connectivity index (χ3v) is 3.49. The van der Waals surface area contributed by atoms with Crippen LogP contribution in [0.5, 0.6) is 0 Å². The fourth-order valence-corrected chi connectivity index (χ4v) is 2.29. The minimum atomic E-state index is -0.0473. The summed E-state index contributed by atoms with van der Waals surface area (Å²) in [5.74, 6) is 0.789. The first-order valence-electron chi connectivity index (χ1n) is 7.00. The van der Waals surface area contributed by atoms with Gasteiger partial charge in [-0.2, -0.15) is 0 Å². The van der Waals surface area contributed by atoms with E-state index in [1.165, 1.54) is 0 Å². The lowest BCUT2D eigenvalue weighted by molar-refractivity contribution is 0.0953. The van der Waals surface area contributed by atoms with Crippen LogP contribution in [0.25, 0.3) is 0 Å². The molecule has 0 saturated carbocycles. The van der Waals surface area contributed by atoms with E-state index in [1.54, 1.807) is 0 Å². The maximum absolute atomic E-state index is 12.0. The zero-order valence-corrected chi connectivity index (χ0v) is 13.7. The second kappa shape index (κ2) is 7.31. The number of halogens is 1. The maximum atomic E-state index is 12.0.